The molecule has 1 aromatic rings. The van der Waals surface area contributed by atoms with E-state index in [0.29, 0.717) is 11.7 Å². The maximum atomic E-state index is 9.58. The van der Waals surface area contributed by atoms with Crippen molar-refractivity contribution in [3.63, 3.8) is 0 Å². The summed E-state index contributed by atoms with van der Waals surface area (Å²) in [7, 11) is 0. The van der Waals surface area contributed by atoms with Gasteiger partial charge in [0.15, 0.2) is 0 Å². The zero-order chi connectivity index (χ0) is 9.42. The molecule has 1 aliphatic rings. The third-order valence-electron chi connectivity index (χ3n) is 2.48. The van der Waals surface area contributed by atoms with Crippen LogP contribution in [0.25, 0.3) is 0 Å². The lowest BCUT2D eigenvalue weighted by atomic mass is 10.0. The van der Waals surface area contributed by atoms with E-state index >= 15 is 0 Å². The first kappa shape index (κ1) is 9.03. The molecule has 1 atom stereocenters. The third-order valence-corrected chi connectivity index (χ3v) is 2.97. The van der Waals surface area contributed by atoms with Gasteiger partial charge in [0.2, 0.25) is 0 Å². The van der Waals surface area contributed by atoms with Gasteiger partial charge in [-0.25, -0.2) is 0 Å². The first-order valence-corrected chi connectivity index (χ1v) is 5.22. The Morgan fingerprint density at radius 1 is 1.46 bits per heavy atom. The molecule has 1 saturated carbocycles. The molecule has 0 amide bonds. The molecule has 0 aliphatic heterocycles. The molecule has 1 fully saturated rings. The smallest absolute Gasteiger partial charge is 0.120 e. The van der Waals surface area contributed by atoms with Crippen LogP contribution >= 0.6 is 15.9 Å². The molecule has 0 aromatic heterocycles. The fourth-order valence-corrected chi connectivity index (χ4v) is 1.88. The lowest BCUT2D eigenvalue weighted by Gasteiger charge is -2.12. The Morgan fingerprint density at radius 3 is 2.77 bits per heavy atom. The predicted octanol–water partition coefficient (Wildman–Crippen LogP) is 2.56. The number of phenolic OH excluding ortho intramolecular Hbond substituents is 1. The van der Waals surface area contributed by atoms with E-state index in [1.165, 1.54) is 12.8 Å². The maximum absolute atomic E-state index is 9.58. The van der Waals surface area contributed by atoms with Gasteiger partial charge in [-0.05, 0) is 37.0 Å². The second-order valence-corrected chi connectivity index (χ2v) is 4.48. The van der Waals surface area contributed by atoms with Gasteiger partial charge in [-0.1, -0.05) is 15.9 Å². The van der Waals surface area contributed by atoms with Gasteiger partial charge in [-0.15, -0.1) is 0 Å². The highest BCUT2D eigenvalue weighted by Gasteiger charge is 2.30. The lowest BCUT2D eigenvalue weighted by Crippen LogP contribution is -2.12. The van der Waals surface area contributed by atoms with Crippen LogP contribution in [0.15, 0.2) is 22.7 Å². The van der Waals surface area contributed by atoms with Gasteiger partial charge in [0.1, 0.15) is 5.75 Å². The molecule has 0 unspecified atom stereocenters. The minimum atomic E-state index is -0.00231. The summed E-state index contributed by atoms with van der Waals surface area (Å²) < 4.78 is 0.969. The molecular formula is C10H12BrNO. The van der Waals surface area contributed by atoms with Gasteiger partial charge in [-0.2, -0.15) is 0 Å². The van der Waals surface area contributed by atoms with Crippen molar-refractivity contribution in [3.05, 3.63) is 28.2 Å². The Morgan fingerprint density at radius 2 is 2.15 bits per heavy atom. The highest BCUT2D eigenvalue weighted by atomic mass is 79.9. The van der Waals surface area contributed by atoms with E-state index in [2.05, 4.69) is 15.9 Å². The van der Waals surface area contributed by atoms with E-state index in [9.17, 15) is 5.11 Å². The van der Waals surface area contributed by atoms with Gasteiger partial charge in [0, 0.05) is 16.1 Å². The van der Waals surface area contributed by atoms with Crippen LogP contribution in [0.3, 0.4) is 0 Å². The number of rotatable bonds is 2. The molecule has 1 aliphatic carbocycles. The van der Waals surface area contributed by atoms with Crippen LogP contribution in [0.5, 0.6) is 5.75 Å². The van der Waals surface area contributed by atoms with Gasteiger partial charge in [0.25, 0.3) is 0 Å². The molecule has 0 radical (unpaired) electrons. The Labute approximate surface area is 85.9 Å². The molecule has 70 valence electrons. The second kappa shape index (κ2) is 3.31. The summed E-state index contributed by atoms with van der Waals surface area (Å²) in [5, 5.41) is 9.58. The number of halogens is 1. The fraction of sp³-hybridized carbons (Fsp3) is 0.400. The summed E-state index contributed by atoms with van der Waals surface area (Å²) in [6.45, 7) is 0. The number of hydrogen-bond donors (Lipinski definition) is 2. The molecule has 2 rings (SSSR count). The summed E-state index contributed by atoms with van der Waals surface area (Å²) >= 11 is 3.37. The quantitative estimate of drug-likeness (QED) is 0.837. The number of nitrogens with two attached hydrogens (primary N) is 1. The average molecular weight is 242 g/mol. The lowest BCUT2D eigenvalue weighted by molar-refractivity contribution is 0.456. The predicted molar refractivity (Wildman–Crippen MR) is 55.5 cm³/mol. The second-order valence-electron chi connectivity index (χ2n) is 3.57. The van der Waals surface area contributed by atoms with Crippen LogP contribution in [0, 0.1) is 5.92 Å². The topological polar surface area (TPSA) is 46.2 Å². The molecule has 0 heterocycles. The maximum Gasteiger partial charge on any atom is 0.120 e. The monoisotopic (exact) mass is 241 g/mol. The molecule has 2 nitrogen and oxygen atoms in total. The Balaban J connectivity index is 2.31. The molecule has 3 N–H and O–H groups in total. The number of aromatic hydroxyl groups is 1. The summed E-state index contributed by atoms with van der Waals surface area (Å²) in [6, 6.07) is 5.40. The Kier molecular flexibility index (Phi) is 2.30. The summed E-state index contributed by atoms with van der Waals surface area (Å²) in [6.07, 6.45) is 2.38. The van der Waals surface area contributed by atoms with Crippen molar-refractivity contribution in [2.75, 3.05) is 0 Å². The van der Waals surface area contributed by atoms with Gasteiger partial charge >= 0.3 is 0 Å². The minimum Gasteiger partial charge on any atom is -0.508 e. The molecule has 0 spiro atoms. The summed E-state index contributed by atoms with van der Waals surface area (Å²) in [5.74, 6) is 0.878. The standard InChI is InChI=1S/C10H12BrNO/c11-7-3-4-9(13)8(5-7)10(12)6-1-2-6/h3-6,10,13H,1-2,12H2/t10-/m1/s1. The van der Waals surface area contributed by atoms with Crippen LogP contribution in [-0.4, -0.2) is 5.11 Å². The number of phenols is 1. The van der Waals surface area contributed by atoms with Crippen molar-refractivity contribution in [2.45, 2.75) is 18.9 Å². The minimum absolute atomic E-state index is 0.00231. The highest BCUT2D eigenvalue weighted by molar-refractivity contribution is 9.10. The summed E-state index contributed by atoms with van der Waals surface area (Å²) in [4.78, 5) is 0. The van der Waals surface area contributed by atoms with Crippen LogP contribution in [0.1, 0.15) is 24.4 Å². The Bertz CT molecular complexity index is 323. The zero-order valence-corrected chi connectivity index (χ0v) is 8.79. The van der Waals surface area contributed by atoms with Crippen molar-refractivity contribution in [3.8, 4) is 5.75 Å². The number of hydrogen-bond acceptors (Lipinski definition) is 2. The van der Waals surface area contributed by atoms with Gasteiger partial charge < -0.3 is 10.8 Å². The first-order valence-electron chi connectivity index (χ1n) is 4.42. The van der Waals surface area contributed by atoms with E-state index in [1.54, 1.807) is 6.07 Å². The van der Waals surface area contributed by atoms with Gasteiger partial charge in [-0.3, -0.25) is 0 Å². The molecular weight excluding hydrogens is 230 g/mol. The third kappa shape index (κ3) is 1.86. The van der Waals surface area contributed by atoms with Gasteiger partial charge in [0.05, 0.1) is 0 Å². The van der Waals surface area contributed by atoms with Crippen LogP contribution in [0.2, 0.25) is 0 Å². The first-order chi connectivity index (χ1) is 6.18. The van der Waals surface area contributed by atoms with Crippen LogP contribution in [0.4, 0.5) is 0 Å². The van der Waals surface area contributed by atoms with Crippen molar-refractivity contribution >= 4 is 15.9 Å². The highest BCUT2D eigenvalue weighted by Crippen LogP contribution is 2.42. The fourth-order valence-electron chi connectivity index (χ4n) is 1.50. The van der Waals surface area contributed by atoms with E-state index < -0.39 is 0 Å². The van der Waals surface area contributed by atoms with Crippen molar-refractivity contribution < 1.29 is 5.11 Å². The van der Waals surface area contributed by atoms with Crippen molar-refractivity contribution in [1.29, 1.82) is 0 Å². The molecule has 3 heteroatoms. The van der Waals surface area contributed by atoms with Crippen LogP contribution < -0.4 is 5.73 Å². The SMILES string of the molecule is N[C@@H](c1cc(Br)ccc1O)C1CC1. The summed E-state index contributed by atoms with van der Waals surface area (Å²) in [5.41, 5.74) is 6.85. The van der Waals surface area contributed by atoms with E-state index in [1.807, 2.05) is 12.1 Å². The van der Waals surface area contributed by atoms with E-state index in [-0.39, 0.29) is 6.04 Å². The van der Waals surface area contributed by atoms with E-state index in [0.717, 1.165) is 10.0 Å². The van der Waals surface area contributed by atoms with E-state index in [4.69, 9.17) is 5.73 Å². The largest absolute Gasteiger partial charge is 0.508 e. The zero-order valence-electron chi connectivity index (χ0n) is 7.20. The van der Waals surface area contributed by atoms with Crippen LogP contribution in [-0.2, 0) is 0 Å². The number of benzene rings is 1. The normalized spacial score (nSPS) is 18.6. The molecule has 0 saturated heterocycles. The Hall–Kier alpha value is -0.540. The molecule has 13 heavy (non-hydrogen) atoms. The molecule has 1 aromatic carbocycles. The average Bonchev–Trinajstić information content (AvgIpc) is 2.91. The van der Waals surface area contributed by atoms with Crippen molar-refractivity contribution in [2.24, 2.45) is 11.7 Å². The van der Waals surface area contributed by atoms with Crippen molar-refractivity contribution in [1.82, 2.24) is 0 Å². The molecule has 0 bridgehead atoms.